The molecular weight excluding hydrogens is 188 g/mol. The fourth-order valence-corrected chi connectivity index (χ4v) is 1.46. The van der Waals surface area contributed by atoms with Crippen molar-refractivity contribution in [2.24, 2.45) is 5.92 Å². The summed E-state index contributed by atoms with van der Waals surface area (Å²) in [5, 5.41) is 0. The Morgan fingerprint density at radius 1 is 1.27 bits per heavy atom. The number of pyridine rings is 1. The van der Waals surface area contributed by atoms with Crippen LogP contribution in [-0.4, -0.2) is 22.8 Å². The number of aromatic nitrogens is 1. The molecule has 0 radical (unpaired) electrons. The average molecular weight is 206 g/mol. The van der Waals surface area contributed by atoms with Crippen LogP contribution in [0, 0.1) is 5.92 Å². The molecule has 1 aromatic heterocycles. The first-order chi connectivity index (χ1) is 7.04. The molecule has 1 amide bonds. The summed E-state index contributed by atoms with van der Waals surface area (Å²) in [5.41, 5.74) is 1.11. The summed E-state index contributed by atoms with van der Waals surface area (Å²) < 4.78 is 0. The third-order valence-corrected chi connectivity index (χ3v) is 2.61. The van der Waals surface area contributed by atoms with Crippen molar-refractivity contribution < 1.29 is 4.79 Å². The Hall–Kier alpha value is -1.38. The second-order valence-electron chi connectivity index (χ2n) is 4.06. The molecule has 1 heterocycles. The molecule has 1 aromatic rings. The predicted molar refractivity (Wildman–Crippen MR) is 60.3 cm³/mol. The Morgan fingerprint density at radius 2 is 1.80 bits per heavy atom. The third-order valence-electron chi connectivity index (χ3n) is 2.61. The van der Waals surface area contributed by atoms with E-state index in [-0.39, 0.29) is 17.9 Å². The van der Waals surface area contributed by atoms with Gasteiger partial charge in [0.25, 0.3) is 0 Å². The first-order valence-corrected chi connectivity index (χ1v) is 5.20. The molecule has 0 aliphatic heterocycles. The van der Waals surface area contributed by atoms with E-state index in [9.17, 15) is 4.79 Å². The van der Waals surface area contributed by atoms with Gasteiger partial charge in [-0.15, -0.1) is 0 Å². The van der Waals surface area contributed by atoms with Crippen molar-refractivity contribution in [1.29, 1.82) is 0 Å². The van der Waals surface area contributed by atoms with Gasteiger partial charge >= 0.3 is 0 Å². The molecule has 0 fully saturated rings. The number of amides is 1. The summed E-state index contributed by atoms with van der Waals surface area (Å²) >= 11 is 0. The highest BCUT2D eigenvalue weighted by atomic mass is 16.2. The van der Waals surface area contributed by atoms with Crippen LogP contribution in [0.3, 0.4) is 0 Å². The Bertz CT molecular complexity index is 322. The second kappa shape index (κ2) is 4.91. The molecule has 3 nitrogen and oxygen atoms in total. The first kappa shape index (κ1) is 11.7. The van der Waals surface area contributed by atoms with Crippen LogP contribution in [0.15, 0.2) is 24.5 Å². The number of carbonyl (C=O) groups excluding carboxylic acids is 1. The van der Waals surface area contributed by atoms with Crippen LogP contribution in [0.25, 0.3) is 0 Å². The molecule has 0 aromatic carbocycles. The fourth-order valence-electron chi connectivity index (χ4n) is 1.46. The van der Waals surface area contributed by atoms with Gasteiger partial charge in [0.1, 0.15) is 0 Å². The van der Waals surface area contributed by atoms with E-state index in [1.807, 2.05) is 40.0 Å². The Labute approximate surface area is 91.1 Å². The van der Waals surface area contributed by atoms with Gasteiger partial charge in [-0.1, -0.05) is 13.8 Å². The molecule has 15 heavy (non-hydrogen) atoms. The van der Waals surface area contributed by atoms with Gasteiger partial charge in [-0.3, -0.25) is 9.78 Å². The minimum absolute atomic E-state index is 0.0410. The van der Waals surface area contributed by atoms with E-state index in [1.54, 1.807) is 17.3 Å². The highest BCUT2D eigenvalue weighted by Crippen LogP contribution is 2.19. The Morgan fingerprint density at radius 3 is 2.27 bits per heavy atom. The average Bonchev–Trinajstić information content (AvgIpc) is 2.27. The maximum atomic E-state index is 11.8. The van der Waals surface area contributed by atoms with E-state index in [1.165, 1.54) is 0 Å². The highest BCUT2D eigenvalue weighted by molar-refractivity contribution is 5.78. The third kappa shape index (κ3) is 2.78. The number of nitrogens with zero attached hydrogens (tertiary/aromatic N) is 2. The number of rotatable bonds is 3. The van der Waals surface area contributed by atoms with Crippen molar-refractivity contribution in [3.05, 3.63) is 30.1 Å². The van der Waals surface area contributed by atoms with Crippen LogP contribution in [0.5, 0.6) is 0 Å². The van der Waals surface area contributed by atoms with Crippen molar-refractivity contribution in [3.8, 4) is 0 Å². The molecule has 0 aliphatic rings. The number of carbonyl (C=O) groups is 1. The zero-order chi connectivity index (χ0) is 11.4. The summed E-state index contributed by atoms with van der Waals surface area (Å²) in [4.78, 5) is 17.5. The lowest BCUT2D eigenvalue weighted by Gasteiger charge is -2.26. The van der Waals surface area contributed by atoms with Crippen molar-refractivity contribution in [2.75, 3.05) is 7.05 Å². The summed E-state index contributed by atoms with van der Waals surface area (Å²) in [6, 6.07) is 3.98. The van der Waals surface area contributed by atoms with Crippen LogP contribution in [-0.2, 0) is 4.79 Å². The molecular formula is C12H18N2O. The van der Waals surface area contributed by atoms with Crippen LogP contribution < -0.4 is 0 Å². The van der Waals surface area contributed by atoms with E-state index in [2.05, 4.69) is 4.98 Å². The van der Waals surface area contributed by atoms with Crippen LogP contribution in [0.1, 0.15) is 32.4 Å². The molecule has 1 unspecified atom stereocenters. The van der Waals surface area contributed by atoms with E-state index >= 15 is 0 Å². The smallest absolute Gasteiger partial charge is 0.225 e. The topological polar surface area (TPSA) is 33.2 Å². The molecule has 0 saturated carbocycles. The van der Waals surface area contributed by atoms with Gasteiger partial charge in [0.05, 0.1) is 6.04 Å². The summed E-state index contributed by atoms with van der Waals surface area (Å²) in [7, 11) is 1.84. The maximum Gasteiger partial charge on any atom is 0.225 e. The lowest BCUT2D eigenvalue weighted by atomic mass is 10.1. The number of hydrogen-bond donors (Lipinski definition) is 0. The quantitative estimate of drug-likeness (QED) is 0.760. The molecule has 0 aliphatic carbocycles. The normalized spacial score (nSPS) is 12.6. The Balaban J connectivity index is 2.77. The van der Waals surface area contributed by atoms with E-state index in [4.69, 9.17) is 0 Å². The minimum atomic E-state index is 0.0410. The van der Waals surface area contributed by atoms with Gasteiger partial charge in [0.15, 0.2) is 0 Å². The molecule has 1 rings (SSSR count). The van der Waals surface area contributed by atoms with Crippen molar-refractivity contribution in [1.82, 2.24) is 9.88 Å². The summed E-state index contributed by atoms with van der Waals surface area (Å²) in [6.45, 7) is 5.85. The van der Waals surface area contributed by atoms with E-state index in [0.29, 0.717) is 0 Å². The predicted octanol–water partition coefficient (Wildman–Crippen LogP) is 2.26. The van der Waals surface area contributed by atoms with Gasteiger partial charge < -0.3 is 4.90 Å². The van der Waals surface area contributed by atoms with Crippen molar-refractivity contribution >= 4 is 5.91 Å². The van der Waals surface area contributed by atoms with Crippen molar-refractivity contribution in [2.45, 2.75) is 26.8 Å². The van der Waals surface area contributed by atoms with Crippen LogP contribution in [0.2, 0.25) is 0 Å². The maximum absolute atomic E-state index is 11.8. The lowest BCUT2D eigenvalue weighted by Crippen LogP contribution is -2.32. The molecule has 82 valence electrons. The van der Waals surface area contributed by atoms with Gasteiger partial charge in [-0.05, 0) is 24.6 Å². The van der Waals surface area contributed by atoms with E-state index < -0.39 is 0 Å². The van der Waals surface area contributed by atoms with Gasteiger partial charge in [0, 0.05) is 25.4 Å². The van der Waals surface area contributed by atoms with Crippen molar-refractivity contribution in [3.63, 3.8) is 0 Å². The lowest BCUT2D eigenvalue weighted by molar-refractivity contribution is -0.135. The second-order valence-corrected chi connectivity index (χ2v) is 4.06. The van der Waals surface area contributed by atoms with Gasteiger partial charge in [-0.2, -0.15) is 0 Å². The van der Waals surface area contributed by atoms with Gasteiger partial charge in [-0.25, -0.2) is 0 Å². The van der Waals surface area contributed by atoms with Gasteiger partial charge in [0.2, 0.25) is 5.91 Å². The fraction of sp³-hybridized carbons (Fsp3) is 0.500. The summed E-state index contributed by atoms with van der Waals surface area (Å²) in [6.07, 6.45) is 3.50. The highest BCUT2D eigenvalue weighted by Gasteiger charge is 2.19. The monoisotopic (exact) mass is 206 g/mol. The standard InChI is InChI=1S/C12H18N2O/c1-9(2)12(15)14(4)10(3)11-5-7-13-8-6-11/h5-10H,1-4H3. The largest absolute Gasteiger partial charge is 0.339 e. The molecule has 0 spiro atoms. The molecule has 0 bridgehead atoms. The van der Waals surface area contributed by atoms with Crippen LogP contribution in [0.4, 0.5) is 0 Å². The van der Waals surface area contributed by atoms with Crippen LogP contribution >= 0.6 is 0 Å². The van der Waals surface area contributed by atoms with E-state index in [0.717, 1.165) is 5.56 Å². The SMILES string of the molecule is CC(C)C(=O)N(C)C(C)c1ccncc1. The minimum Gasteiger partial charge on any atom is -0.339 e. The molecule has 1 atom stereocenters. The molecule has 0 saturated heterocycles. The first-order valence-electron chi connectivity index (χ1n) is 5.20. The molecule has 0 N–H and O–H groups in total. The zero-order valence-electron chi connectivity index (χ0n) is 9.77. The zero-order valence-corrected chi connectivity index (χ0v) is 9.77. The molecule has 3 heteroatoms. The summed E-state index contributed by atoms with van der Waals surface area (Å²) in [5.74, 6) is 0.207. The number of hydrogen-bond acceptors (Lipinski definition) is 2. The Kier molecular flexibility index (Phi) is 3.83.